The van der Waals surface area contributed by atoms with Gasteiger partial charge >= 0.3 is 0 Å². The van der Waals surface area contributed by atoms with E-state index in [1.807, 2.05) is 13.8 Å². The molecule has 59 valence electrons. The molecule has 1 radical (unpaired) electrons. The van der Waals surface area contributed by atoms with Crippen molar-refractivity contribution in [3.63, 3.8) is 0 Å². The fourth-order valence-electron chi connectivity index (χ4n) is 0.204. The zero-order valence-corrected chi connectivity index (χ0v) is 9.61. The molecule has 0 spiro atoms. The average molecular weight is 219 g/mol. The summed E-state index contributed by atoms with van der Waals surface area (Å²) < 4.78 is 0. The van der Waals surface area contributed by atoms with Crippen molar-refractivity contribution >= 4 is 6.29 Å². The second-order valence-electron chi connectivity index (χ2n) is 1.74. The first-order valence-corrected chi connectivity index (χ1v) is 2.85. The summed E-state index contributed by atoms with van der Waals surface area (Å²) in [4.78, 5) is 8.68. The van der Waals surface area contributed by atoms with Crippen LogP contribution in [0, 0.1) is 0 Å². The zero-order valence-electron chi connectivity index (χ0n) is 6.77. The van der Waals surface area contributed by atoms with Crippen LogP contribution in [0.1, 0.15) is 20.8 Å². The standard InChI is InChI=1S/C4H11N2.C2H3O.Y/c1-4(2)6-3-5;1-2-3;/h4-6H,3H2,1-2H3;1H3;/q2*-1;. The second kappa shape index (κ2) is 16.4. The Kier molecular flexibility index (Phi) is 27.8. The van der Waals surface area contributed by atoms with Gasteiger partial charge in [-0.2, -0.15) is 6.92 Å². The van der Waals surface area contributed by atoms with Crippen molar-refractivity contribution in [2.75, 3.05) is 6.67 Å². The molecular weight excluding hydrogens is 205 g/mol. The topological polar surface area (TPSA) is 52.9 Å². The van der Waals surface area contributed by atoms with Crippen LogP contribution in [0.15, 0.2) is 0 Å². The van der Waals surface area contributed by atoms with Crippen molar-refractivity contribution in [3.05, 3.63) is 5.73 Å². The molecule has 0 heterocycles. The van der Waals surface area contributed by atoms with Crippen molar-refractivity contribution in [1.29, 1.82) is 0 Å². The van der Waals surface area contributed by atoms with Gasteiger partial charge in [0.05, 0.1) is 0 Å². The minimum Gasteiger partial charge on any atom is -0.665 e. The van der Waals surface area contributed by atoms with E-state index in [-0.39, 0.29) is 32.7 Å². The monoisotopic (exact) mass is 219 g/mol. The van der Waals surface area contributed by atoms with Gasteiger partial charge in [-0.3, -0.25) is 6.29 Å². The molecule has 0 fully saturated rings. The summed E-state index contributed by atoms with van der Waals surface area (Å²) in [5, 5.41) is 2.88. The zero-order chi connectivity index (χ0) is 7.70. The van der Waals surface area contributed by atoms with E-state index in [0.717, 1.165) is 0 Å². The van der Waals surface area contributed by atoms with Gasteiger partial charge in [0.2, 0.25) is 0 Å². The van der Waals surface area contributed by atoms with E-state index in [1.54, 1.807) is 0 Å². The molecule has 0 unspecified atom stereocenters. The summed E-state index contributed by atoms with van der Waals surface area (Å²) >= 11 is 0. The van der Waals surface area contributed by atoms with Crippen LogP contribution in [0.2, 0.25) is 0 Å². The van der Waals surface area contributed by atoms with Gasteiger partial charge in [0, 0.05) is 32.7 Å². The van der Waals surface area contributed by atoms with Gasteiger partial charge in [0.1, 0.15) is 0 Å². The summed E-state index contributed by atoms with van der Waals surface area (Å²) in [6, 6.07) is 0.461. The van der Waals surface area contributed by atoms with Crippen LogP contribution in [0.5, 0.6) is 0 Å². The molecule has 0 bridgehead atoms. The first-order chi connectivity index (χ1) is 4.18. The van der Waals surface area contributed by atoms with Crippen LogP contribution in [0.4, 0.5) is 0 Å². The summed E-state index contributed by atoms with van der Waals surface area (Å²) in [5.41, 5.74) is 6.62. The Labute approximate surface area is 88.0 Å². The molecule has 0 aromatic carbocycles. The molecule has 0 aliphatic carbocycles. The Balaban J connectivity index is -0.000000107. The predicted molar refractivity (Wildman–Crippen MR) is 38.8 cm³/mol. The molecule has 0 saturated carbocycles. The first kappa shape index (κ1) is 17.0. The van der Waals surface area contributed by atoms with E-state index in [4.69, 9.17) is 10.5 Å². The Morgan fingerprint density at radius 1 is 1.60 bits per heavy atom. The normalized spacial score (nSPS) is 7.30. The van der Waals surface area contributed by atoms with E-state index < -0.39 is 0 Å². The molecule has 0 amide bonds. The fourth-order valence-corrected chi connectivity index (χ4v) is 0.204. The van der Waals surface area contributed by atoms with Gasteiger partial charge in [0.15, 0.2) is 0 Å². The molecule has 3 nitrogen and oxygen atoms in total. The third-order valence-corrected chi connectivity index (χ3v) is 0.510. The van der Waals surface area contributed by atoms with Crippen LogP contribution in [-0.4, -0.2) is 19.0 Å². The van der Waals surface area contributed by atoms with Gasteiger partial charge in [-0.05, 0) is 6.04 Å². The minimum absolute atomic E-state index is 0. The van der Waals surface area contributed by atoms with Crippen molar-refractivity contribution in [3.8, 4) is 0 Å². The number of hydrogen-bond donors (Lipinski definition) is 1. The van der Waals surface area contributed by atoms with E-state index in [2.05, 4.69) is 5.32 Å². The minimum atomic E-state index is 0. The van der Waals surface area contributed by atoms with Gasteiger partial charge in [-0.15, -0.1) is 0 Å². The predicted octanol–water partition coefficient (Wildman–Crippen LogP) is 1.11. The Morgan fingerprint density at radius 3 is 1.90 bits per heavy atom. The maximum atomic E-state index is 8.68. The fraction of sp³-hybridized carbons (Fsp3) is 0.833. The van der Waals surface area contributed by atoms with Crippen LogP contribution >= 0.6 is 0 Å². The Hall–Kier alpha value is 0.694. The SMILES string of the molecule is CC(C)NC[NH-].C[C-]=O.[Y]. The summed E-state index contributed by atoms with van der Waals surface area (Å²) in [5.74, 6) is 0. The number of hydrogen-bond acceptors (Lipinski definition) is 2. The Bertz CT molecular complexity index is 59.7. The van der Waals surface area contributed by atoms with Crippen molar-refractivity contribution in [2.45, 2.75) is 26.8 Å². The van der Waals surface area contributed by atoms with Crippen LogP contribution in [-0.2, 0) is 37.5 Å². The van der Waals surface area contributed by atoms with Crippen molar-refractivity contribution < 1.29 is 37.5 Å². The van der Waals surface area contributed by atoms with Crippen molar-refractivity contribution in [1.82, 2.24) is 5.32 Å². The van der Waals surface area contributed by atoms with Crippen LogP contribution in [0.3, 0.4) is 0 Å². The molecule has 0 saturated heterocycles. The second-order valence-corrected chi connectivity index (χ2v) is 1.74. The molecule has 0 atom stereocenters. The molecule has 0 aromatic heterocycles. The molecule has 2 N–H and O–H groups in total. The molecular formula is C6H14N2OY-2. The number of carbonyl (C=O) groups excluding carboxylic acids is 1. The first-order valence-electron chi connectivity index (χ1n) is 2.85. The molecule has 0 aliphatic rings. The van der Waals surface area contributed by atoms with E-state index in [0.29, 0.717) is 12.7 Å². The summed E-state index contributed by atoms with van der Waals surface area (Å²) in [6.07, 6.45) is 1.50. The van der Waals surface area contributed by atoms with Crippen molar-refractivity contribution in [2.24, 2.45) is 0 Å². The Morgan fingerprint density at radius 2 is 1.90 bits per heavy atom. The third-order valence-electron chi connectivity index (χ3n) is 0.510. The molecule has 0 aliphatic heterocycles. The molecule has 0 aromatic rings. The molecule has 0 rings (SSSR count). The molecule has 10 heavy (non-hydrogen) atoms. The number of rotatable bonds is 2. The number of nitrogens with one attached hydrogen (secondary N) is 2. The van der Waals surface area contributed by atoms with Gasteiger partial charge < -0.3 is 15.8 Å². The maximum absolute atomic E-state index is 8.68. The smallest absolute Gasteiger partial charge is 0 e. The molecule has 4 heteroatoms. The van der Waals surface area contributed by atoms with Crippen LogP contribution in [0.25, 0.3) is 5.73 Å². The summed E-state index contributed by atoms with van der Waals surface area (Å²) in [7, 11) is 0. The van der Waals surface area contributed by atoms with E-state index >= 15 is 0 Å². The van der Waals surface area contributed by atoms with Gasteiger partial charge in [-0.1, -0.05) is 20.5 Å². The van der Waals surface area contributed by atoms with Gasteiger partial charge in [0.25, 0.3) is 0 Å². The van der Waals surface area contributed by atoms with Crippen LogP contribution < -0.4 is 5.32 Å². The van der Waals surface area contributed by atoms with Gasteiger partial charge in [-0.25, -0.2) is 0 Å². The van der Waals surface area contributed by atoms with E-state index in [1.165, 1.54) is 13.2 Å². The third kappa shape index (κ3) is 37.7. The van der Waals surface area contributed by atoms with E-state index in [9.17, 15) is 0 Å². The summed E-state index contributed by atoms with van der Waals surface area (Å²) in [6.45, 7) is 5.70. The average Bonchev–Trinajstić information content (AvgIpc) is 1.67. The largest absolute Gasteiger partial charge is 0.665 e. The maximum Gasteiger partial charge on any atom is 0 e. The quantitative estimate of drug-likeness (QED) is 0.707.